The Balaban J connectivity index is 2.19. The van der Waals surface area contributed by atoms with Crippen LogP contribution in [0.25, 0.3) is 12.2 Å². The predicted octanol–water partition coefficient (Wildman–Crippen LogP) is 3.62. The number of amides is 1. The van der Waals surface area contributed by atoms with Crippen LogP contribution < -0.4 is 5.32 Å². The van der Waals surface area contributed by atoms with Gasteiger partial charge in [0.25, 0.3) is 0 Å². The van der Waals surface area contributed by atoms with Crippen LogP contribution in [0.4, 0.5) is 18.9 Å². The number of rotatable bonds is 3. The normalized spacial score (nSPS) is 11.2. The molecular formula is C16H10F3N3O. The summed E-state index contributed by atoms with van der Waals surface area (Å²) in [4.78, 5) is 14.9. The third-order valence-electron chi connectivity index (χ3n) is 2.79. The Kier molecular flexibility index (Phi) is 4.76. The van der Waals surface area contributed by atoms with E-state index in [4.69, 9.17) is 5.26 Å². The van der Waals surface area contributed by atoms with Crippen LogP contribution in [0, 0.1) is 11.3 Å². The molecule has 0 unspecified atom stereocenters. The van der Waals surface area contributed by atoms with Gasteiger partial charge in [0.2, 0.25) is 0 Å². The van der Waals surface area contributed by atoms with Gasteiger partial charge in [-0.2, -0.15) is 18.4 Å². The summed E-state index contributed by atoms with van der Waals surface area (Å²) in [7, 11) is 0. The first-order valence-corrected chi connectivity index (χ1v) is 6.41. The van der Waals surface area contributed by atoms with Crippen molar-refractivity contribution in [2.45, 2.75) is 6.18 Å². The van der Waals surface area contributed by atoms with Gasteiger partial charge in [-0.1, -0.05) is 18.2 Å². The van der Waals surface area contributed by atoms with E-state index >= 15 is 0 Å². The number of aromatic nitrogens is 1. The van der Waals surface area contributed by atoms with Crippen molar-refractivity contribution in [2.75, 3.05) is 5.32 Å². The van der Waals surface area contributed by atoms with E-state index in [1.165, 1.54) is 24.4 Å². The number of carbonyl (C=O) groups excluding carboxylic acids is 1. The Labute approximate surface area is 129 Å². The molecule has 23 heavy (non-hydrogen) atoms. The highest BCUT2D eigenvalue weighted by Crippen LogP contribution is 2.19. The minimum atomic E-state index is -4.94. The maximum absolute atomic E-state index is 12.2. The minimum absolute atomic E-state index is 0.0241. The molecule has 0 aliphatic rings. The third kappa shape index (κ3) is 4.41. The number of halogens is 3. The maximum atomic E-state index is 12.2. The van der Waals surface area contributed by atoms with Gasteiger partial charge < -0.3 is 5.32 Å². The molecule has 1 heterocycles. The minimum Gasteiger partial charge on any atom is -0.318 e. The number of anilines is 1. The molecule has 1 aromatic carbocycles. The van der Waals surface area contributed by atoms with E-state index in [2.05, 4.69) is 4.98 Å². The number of nitrogens with zero attached hydrogens (tertiary/aromatic N) is 2. The van der Waals surface area contributed by atoms with Gasteiger partial charge in [0, 0.05) is 11.9 Å². The van der Waals surface area contributed by atoms with Crippen molar-refractivity contribution in [3.63, 3.8) is 0 Å². The number of pyridine rings is 1. The lowest BCUT2D eigenvalue weighted by Crippen LogP contribution is -2.29. The topological polar surface area (TPSA) is 65.8 Å². The highest BCUT2D eigenvalue weighted by molar-refractivity contribution is 5.95. The van der Waals surface area contributed by atoms with Crippen LogP contribution in [0.3, 0.4) is 0 Å². The summed E-state index contributed by atoms with van der Waals surface area (Å²) in [6, 6.07) is 11.1. The van der Waals surface area contributed by atoms with Crippen LogP contribution in [0.2, 0.25) is 0 Å². The SMILES string of the molecule is N#Cc1cccnc1/C=C/c1cccc(NC(=O)C(F)(F)F)c1. The first-order chi connectivity index (χ1) is 10.9. The van der Waals surface area contributed by atoms with E-state index in [0.29, 0.717) is 16.8 Å². The number of hydrogen-bond acceptors (Lipinski definition) is 3. The summed E-state index contributed by atoms with van der Waals surface area (Å²) in [6.45, 7) is 0. The second-order valence-electron chi connectivity index (χ2n) is 4.46. The molecule has 0 atom stereocenters. The monoisotopic (exact) mass is 317 g/mol. The Bertz CT molecular complexity index is 792. The highest BCUT2D eigenvalue weighted by Gasteiger charge is 2.38. The molecule has 0 saturated carbocycles. The standard InChI is InChI=1S/C16H10F3N3O/c17-16(18,19)15(23)22-13-5-1-3-11(9-13)6-7-14-12(10-20)4-2-8-21-14/h1-9H,(H,22,23)/b7-6+. The van der Waals surface area contributed by atoms with Gasteiger partial charge in [-0.25, -0.2) is 0 Å². The molecule has 116 valence electrons. The second-order valence-corrected chi connectivity index (χ2v) is 4.46. The van der Waals surface area contributed by atoms with Crippen LogP contribution in [-0.4, -0.2) is 17.1 Å². The van der Waals surface area contributed by atoms with Crippen molar-refractivity contribution < 1.29 is 18.0 Å². The van der Waals surface area contributed by atoms with Crippen LogP contribution in [-0.2, 0) is 4.79 Å². The van der Waals surface area contributed by atoms with Crippen LogP contribution in [0.5, 0.6) is 0 Å². The van der Waals surface area contributed by atoms with E-state index in [1.807, 2.05) is 6.07 Å². The fraction of sp³-hybridized carbons (Fsp3) is 0.0625. The Morgan fingerprint density at radius 1 is 1.22 bits per heavy atom. The first kappa shape index (κ1) is 16.2. The number of nitriles is 1. The Morgan fingerprint density at radius 3 is 2.70 bits per heavy atom. The van der Waals surface area contributed by atoms with Gasteiger partial charge in [0.1, 0.15) is 6.07 Å². The summed E-state index contributed by atoms with van der Waals surface area (Å²) in [5, 5.41) is 10.7. The molecule has 0 radical (unpaired) electrons. The van der Waals surface area contributed by atoms with Crippen molar-refractivity contribution in [2.24, 2.45) is 0 Å². The fourth-order valence-electron chi connectivity index (χ4n) is 1.74. The Morgan fingerprint density at radius 2 is 2.00 bits per heavy atom. The van der Waals surface area contributed by atoms with Gasteiger partial charge in [-0.3, -0.25) is 9.78 Å². The highest BCUT2D eigenvalue weighted by atomic mass is 19.4. The average molecular weight is 317 g/mol. The fourth-order valence-corrected chi connectivity index (χ4v) is 1.74. The summed E-state index contributed by atoms with van der Waals surface area (Å²) < 4.78 is 36.7. The molecule has 0 aliphatic carbocycles. The van der Waals surface area contributed by atoms with E-state index in [1.54, 1.807) is 35.7 Å². The van der Waals surface area contributed by atoms with Gasteiger partial charge in [0.05, 0.1) is 11.3 Å². The van der Waals surface area contributed by atoms with Gasteiger partial charge in [-0.05, 0) is 35.9 Å². The van der Waals surface area contributed by atoms with E-state index < -0.39 is 12.1 Å². The lowest BCUT2D eigenvalue weighted by atomic mass is 10.1. The quantitative estimate of drug-likeness (QED) is 0.940. The van der Waals surface area contributed by atoms with Crippen molar-refractivity contribution in [1.82, 2.24) is 4.98 Å². The molecule has 0 saturated heterocycles. The van der Waals surface area contributed by atoms with Gasteiger partial charge in [0.15, 0.2) is 0 Å². The molecule has 2 rings (SSSR count). The van der Waals surface area contributed by atoms with Crippen molar-refractivity contribution in [1.29, 1.82) is 5.26 Å². The molecular weight excluding hydrogens is 307 g/mol. The van der Waals surface area contributed by atoms with Crippen molar-refractivity contribution in [3.8, 4) is 6.07 Å². The predicted molar refractivity (Wildman–Crippen MR) is 79.0 cm³/mol. The zero-order chi connectivity index (χ0) is 16.9. The van der Waals surface area contributed by atoms with Crippen LogP contribution >= 0.6 is 0 Å². The number of nitrogens with one attached hydrogen (secondary N) is 1. The molecule has 0 aliphatic heterocycles. The van der Waals surface area contributed by atoms with Crippen molar-refractivity contribution in [3.05, 3.63) is 59.4 Å². The van der Waals surface area contributed by atoms with Crippen LogP contribution in [0.15, 0.2) is 42.6 Å². The molecule has 2 aromatic rings. The zero-order valence-electron chi connectivity index (χ0n) is 11.6. The summed E-state index contributed by atoms with van der Waals surface area (Å²) in [5.74, 6) is -2.03. The molecule has 0 spiro atoms. The van der Waals surface area contributed by atoms with Crippen molar-refractivity contribution >= 4 is 23.7 Å². The average Bonchev–Trinajstić information content (AvgIpc) is 2.52. The zero-order valence-corrected chi connectivity index (χ0v) is 11.6. The molecule has 0 fully saturated rings. The molecule has 0 bridgehead atoms. The number of carbonyl (C=O) groups is 1. The number of benzene rings is 1. The van der Waals surface area contributed by atoms with E-state index in [9.17, 15) is 18.0 Å². The third-order valence-corrected chi connectivity index (χ3v) is 2.79. The number of hydrogen-bond donors (Lipinski definition) is 1. The molecule has 4 nitrogen and oxygen atoms in total. The largest absolute Gasteiger partial charge is 0.471 e. The van der Waals surface area contributed by atoms with Crippen LogP contribution in [0.1, 0.15) is 16.8 Å². The summed E-state index contributed by atoms with van der Waals surface area (Å²) in [5.41, 5.74) is 1.40. The second kappa shape index (κ2) is 6.75. The lowest BCUT2D eigenvalue weighted by Gasteiger charge is -2.08. The molecule has 1 aromatic heterocycles. The summed E-state index contributed by atoms with van der Waals surface area (Å²) >= 11 is 0. The number of alkyl halides is 3. The summed E-state index contributed by atoms with van der Waals surface area (Å²) in [6.07, 6.45) is -0.252. The van der Waals surface area contributed by atoms with E-state index in [0.717, 1.165) is 0 Å². The molecule has 1 amide bonds. The lowest BCUT2D eigenvalue weighted by molar-refractivity contribution is -0.167. The molecule has 1 N–H and O–H groups in total. The Hall–Kier alpha value is -3.14. The smallest absolute Gasteiger partial charge is 0.318 e. The first-order valence-electron chi connectivity index (χ1n) is 6.41. The molecule has 7 heteroatoms. The van der Waals surface area contributed by atoms with E-state index in [-0.39, 0.29) is 5.69 Å². The maximum Gasteiger partial charge on any atom is 0.471 e. The van der Waals surface area contributed by atoms with Gasteiger partial charge >= 0.3 is 12.1 Å². The van der Waals surface area contributed by atoms with Gasteiger partial charge in [-0.15, -0.1) is 0 Å².